The molecule has 1 atom stereocenters. The van der Waals surface area contributed by atoms with E-state index in [-0.39, 0.29) is 0 Å². The van der Waals surface area contributed by atoms with Gasteiger partial charge in [0.15, 0.2) is 11.5 Å². The molecule has 0 aliphatic heterocycles. The second-order valence-electron chi connectivity index (χ2n) is 4.79. The maximum Gasteiger partial charge on any atom is 0.161 e. The number of rotatable bonds is 8. The quantitative estimate of drug-likeness (QED) is 0.717. The van der Waals surface area contributed by atoms with E-state index < -0.39 is 0 Å². The average Bonchev–Trinajstić information content (AvgIpc) is 2.38. The number of thiol groups is 1. The van der Waals surface area contributed by atoms with Gasteiger partial charge < -0.3 is 9.47 Å². The first-order valence-electron chi connectivity index (χ1n) is 6.64. The molecule has 0 saturated heterocycles. The summed E-state index contributed by atoms with van der Waals surface area (Å²) in [4.78, 5) is 0. The van der Waals surface area contributed by atoms with Gasteiger partial charge in [0.1, 0.15) is 0 Å². The standard InChI is InChI=1S/C15H24O2S/c1-4-9-16-14-7-5-6-8-15(14)17-10-13(11-18)12(2)3/h5-8,12-13,18H,4,9-11H2,1-3H3. The summed E-state index contributed by atoms with van der Waals surface area (Å²) in [5, 5.41) is 0. The third-order valence-electron chi connectivity index (χ3n) is 2.94. The lowest BCUT2D eigenvalue weighted by atomic mass is 9.99. The van der Waals surface area contributed by atoms with E-state index in [1.807, 2.05) is 24.3 Å². The molecule has 2 nitrogen and oxygen atoms in total. The highest BCUT2D eigenvalue weighted by molar-refractivity contribution is 7.80. The molecule has 0 heterocycles. The minimum atomic E-state index is 0.465. The Balaban J connectivity index is 2.60. The summed E-state index contributed by atoms with van der Waals surface area (Å²) in [5.74, 6) is 3.55. The van der Waals surface area contributed by atoms with Crippen LogP contribution in [0.4, 0.5) is 0 Å². The fourth-order valence-electron chi connectivity index (χ4n) is 1.55. The van der Waals surface area contributed by atoms with Gasteiger partial charge in [0.05, 0.1) is 13.2 Å². The zero-order chi connectivity index (χ0) is 13.4. The van der Waals surface area contributed by atoms with Crippen LogP contribution in [-0.2, 0) is 0 Å². The summed E-state index contributed by atoms with van der Waals surface area (Å²) < 4.78 is 11.5. The minimum absolute atomic E-state index is 0.465. The Kier molecular flexibility index (Phi) is 7.02. The van der Waals surface area contributed by atoms with E-state index >= 15 is 0 Å². The molecule has 0 amide bonds. The SMILES string of the molecule is CCCOc1ccccc1OCC(CS)C(C)C. The molecule has 1 rings (SSSR count). The Labute approximate surface area is 116 Å². The Bertz CT molecular complexity index is 339. The first-order valence-corrected chi connectivity index (χ1v) is 7.27. The van der Waals surface area contributed by atoms with E-state index in [9.17, 15) is 0 Å². The summed E-state index contributed by atoms with van der Waals surface area (Å²) in [5.41, 5.74) is 0. The fraction of sp³-hybridized carbons (Fsp3) is 0.600. The molecule has 0 bridgehead atoms. The molecule has 0 spiro atoms. The van der Waals surface area contributed by atoms with Gasteiger partial charge in [0.2, 0.25) is 0 Å². The second kappa shape index (κ2) is 8.30. The zero-order valence-electron chi connectivity index (χ0n) is 11.6. The van der Waals surface area contributed by atoms with Gasteiger partial charge in [-0.15, -0.1) is 0 Å². The molecule has 0 aliphatic rings. The molecule has 0 radical (unpaired) electrons. The van der Waals surface area contributed by atoms with Crippen molar-refractivity contribution in [2.24, 2.45) is 11.8 Å². The van der Waals surface area contributed by atoms with Crippen molar-refractivity contribution >= 4 is 12.6 Å². The molecular formula is C15H24O2S. The van der Waals surface area contributed by atoms with Crippen LogP contribution >= 0.6 is 12.6 Å². The highest BCUT2D eigenvalue weighted by atomic mass is 32.1. The van der Waals surface area contributed by atoms with Crippen molar-refractivity contribution in [1.29, 1.82) is 0 Å². The fourth-order valence-corrected chi connectivity index (χ4v) is 2.08. The van der Waals surface area contributed by atoms with E-state index in [4.69, 9.17) is 9.47 Å². The molecule has 0 aromatic heterocycles. The predicted molar refractivity (Wildman–Crippen MR) is 79.9 cm³/mol. The lowest BCUT2D eigenvalue weighted by Gasteiger charge is -2.20. The van der Waals surface area contributed by atoms with Gasteiger partial charge in [0, 0.05) is 5.92 Å². The van der Waals surface area contributed by atoms with Gasteiger partial charge in [-0.25, -0.2) is 0 Å². The summed E-state index contributed by atoms with van der Waals surface area (Å²) in [7, 11) is 0. The number of para-hydroxylation sites is 2. The lowest BCUT2D eigenvalue weighted by Crippen LogP contribution is -2.19. The molecule has 0 fully saturated rings. The van der Waals surface area contributed by atoms with Crippen molar-refractivity contribution in [2.45, 2.75) is 27.2 Å². The number of ether oxygens (including phenoxy) is 2. The van der Waals surface area contributed by atoms with Crippen LogP contribution in [0.5, 0.6) is 11.5 Å². The summed E-state index contributed by atoms with van der Waals surface area (Å²) in [6.45, 7) is 7.90. The maximum absolute atomic E-state index is 5.87. The summed E-state index contributed by atoms with van der Waals surface area (Å²) >= 11 is 4.37. The average molecular weight is 268 g/mol. The third kappa shape index (κ3) is 4.81. The molecule has 102 valence electrons. The molecule has 1 unspecified atom stereocenters. The first-order chi connectivity index (χ1) is 8.69. The van der Waals surface area contributed by atoms with Gasteiger partial charge in [-0.3, -0.25) is 0 Å². The lowest BCUT2D eigenvalue weighted by molar-refractivity contribution is 0.212. The molecule has 0 aliphatic carbocycles. The van der Waals surface area contributed by atoms with Crippen molar-refractivity contribution in [1.82, 2.24) is 0 Å². The smallest absolute Gasteiger partial charge is 0.161 e. The minimum Gasteiger partial charge on any atom is -0.490 e. The van der Waals surface area contributed by atoms with Crippen molar-refractivity contribution in [2.75, 3.05) is 19.0 Å². The zero-order valence-corrected chi connectivity index (χ0v) is 12.5. The molecule has 1 aromatic carbocycles. The number of benzene rings is 1. The van der Waals surface area contributed by atoms with Gasteiger partial charge in [0.25, 0.3) is 0 Å². The van der Waals surface area contributed by atoms with Crippen molar-refractivity contribution in [3.05, 3.63) is 24.3 Å². The first kappa shape index (κ1) is 15.2. The van der Waals surface area contributed by atoms with E-state index in [2.05, 4.69) is 33.4 Å². The van der Waals surface area contributed by atoms with Crippen LogP contribution in [0.15, 0.2) is 24.3 Å². The van der Waals surface area contributed by atoms with E-state index in [0.29, 0.717) is 18.4 Å². The van der Waals surface area contributed by atoms with E-state index in [1.54, 1.807) is 0 Å². The largest absolute Gasteiger partial charge is 0.490 e. The number of hydrogen-bond acceptors (Lipinski definition) is 3. The van der Waals surface area contributed by atoms with Crippen LogP contribution in [0.1, 0.15) is 27.2 Å². The van der Waals surface area contributed by atoms with Crippen LogP contribution < -0.4 is 9.47 Å². The summed E-state index contributed by atoms with van der Waals surface area (Å²) in [6, 6.07) is 7.85. The molecule has 0 saturated carbocycles. The van der Waals surface area contributed by atoms with E-state index in [1.165, 1.54) is 0 Å². The highest BCUT2D eigenvalue weighted by Gasteiger charge is 2.13. The van der Waals surface area contributed by atoms with Crippen LogP contribution in [-0.4, -0.2) is 19.0 Å². The highest BCUT2D eigenvalue weighted by Crippen LogP contribution is 2.27. The van der Waals surface area contributed by atoms with Crippen molar-refractivity contribution in [3.8, 4) is 11.5 Å². The second-order valence-corrected chi connectivity index (χ2v) is 5.16. The Morgan fingerprint density at radius 3 is 2.22 bits per heavy atom. The molecule has 18 heavy (non-hydrogen) atoms. The van der Waals surface area contributed by atoms with Crippen molar-refractivity contribution in [3.63, 3.8) is 0 Å². The van der Waals surface area contributed by atoms with Crippen LogP contribution in [0.25, 0.3) is 0 Å². The Hall–Kier alpha value is -0.830. The molecule has 0 N–H and O–H groups in total. The van der Waals surface area contributed by atoms with Gasteiger partial charge >= 0.3 is 0 Å². The normalized spacial score (nSPS) is 12.5. The topological polar surface area (TPSA) is 18.5 Å². The maximum atomic E-state index is 5.87. The molecular weight excluding hydrogens is 244 g/mol. The van der Waals surface area contributed by atoms with Crippen molar-refractivity contribution < 1.29 is 9.47 Å². The molecule has 3 heteroatoms. The van der Waals surface area contributed by atoms with Gasteiger partial charge in [-0.1, -0.05) is 32.9 Å². The monoisotopic (exact) mass is 268 g/mol. The Morgan fingerprint density at radius 2 is 1.72 bits per heavy atom. The predicted octanol–water partition coefficient (Wildman–Crippen LogP) is 4.06. The number of hydrogen-bond donors (Lipinski definition) is 1. The Morgan fingerprint density at radius 1 is 1.11 bits per heavy atom. The summed E-state index contributed by atoms with van der Waals surface area (Å²) in [6.07, 6.45) is 1.000. The molecule has 1 aromatic rings. The van der Waals surface area contributed by atoms with Crippen LogP contribution in [0.2, 0.25) is 0 Å². The van der Waals surface area contributed by atoms with Crippen LogP contribution in [0.3, 0.4) is 0 Å². The third-order valence-corrected chi connectivity index (χ3v) is 3.41. The van der Waals surface area contributed by atoms with Crippen LogP contribution in [0, 0.1) is 11.8 Å². The van der Waals surface area contributed by atoms with E-state index in [0.717, 1.165) is 30.3 Å². The van der Waals surface area contributed by atoms with Gasteiger partial charge in [-0.05, 0) is 30.2 Å². The van der Waals surface area contributed by atoms with Gasteiger partial charge in [-0.2, -0.15) is 12.6 Å².